The van der Waals surface area contributed by atoms with Gasteiger partial charge in [-0.15, -0.1) is 10.2 Å². The van der Waals surface area contributed by atoms with E-state index in [1.165, 1.54) is 24.2 Å². The van der Waals surface area contributed by atoms with Gasteiger partial charge in [0.25, 0.3) is 0 Å². The number of rotatable bonds is 4. The second-order valence-corrected chi connectivity index (χ2v) is 7.30. The summed E-state index contributed by atoms with van der Waals surface area (Å²) >= 11 is 1.37. The lowest BCUT2D eigenvalue weighted by Crippen LogP contribution is -2.40. The van der Waals surface area contributed by atoms with Crippen molar-refractivity contribution in [3.8, 4) is 11.4 Å². The van der Waals surface area contributed by atoms with Crippen LogP contribution in [0.5, 0.6) is 0 Å². The molecule has 1 aromatic heterocycles. The monoisotopic (exact) mass is 348 g/mol. The number of aromatic nitrogens is 3. The number of carbonyl (C=O) groups excluding carboxylic acids is 1. The normalized spacial score (nSPS) is 16.2. The van der Waals surface area contributed by atoms with Crippen molar-refractivity contribution in [3.63, 3.8) is 0 Å². The van der Waals surface area contributed by atoms with Gasteiger partial charge in [0.05, 0.1) is 10.8 Å². The molecule has 0 unspecified atom stereocenters. The molecule has 0 N–H and O–H groups in total. The van der Waals surface area contributed by atoms with Crippen LogP contribution in [0.25, 0.3) is 11.4 Å². The summed E-state index contributed by atoms with van der Waals surface area (Å²) in [5.41, 5.74) is 0.411. The Morgan fingerprint density at radius 3 is 2.62 bits per heavy atom. The van der Waals surface area contributed by atoms with E-state index in [9.17, 15) is 9.18 Å². The first-order valence-electron chi connectivity index (χ1n) is 8.17. The minimum absolute atomic E-state index is 0.134. The highest BCUT2D eigenvalue weighted by Crippen LogP contribution is 2.28. The van der Waals surface area contributed by atoms with E-state index in [1.807, 2.05) is 11.8 Å². The predicted molar refractivity (Wildman–Crippen MR) is 92.1 cm³/mol. The SMILES string of the molecule is C[C@H](Sc1nnc(-c2ccccc2F)n1C)C(=O)N1CCCCC1. The highest BCUT2D eigenvalue weighted by molar-refractivity contribution is 8.00. The van der Waals surface area contributed by atoms with Crippen LogP contribution in [-0.4, -0.2) is 43.9 Å². The van der Waals surface area contributed by atoms with Crippen LogP contribution in [0.3, 0.4) is 0 Å². The van der Waals surface area contributed by atoms with Crippen LogP contribution >= 0.6 is 11.8 Å². The van der Waals surface area contributed by atoms with Crippen molar-refractivity contribution in [3.05, 3.63) is 30.1 Å². The van der Waals surface area contributed by atoms with Crippen molar-refractivity contribution in [1.29, 1.82) is 0 Å². The number of halogens is 1. The summed E-state index contributed by atoms with van der Waals surface area (Å²) in [4.78, 5) is 14.5. The summed E-state index contributed by atoms with van der Waals surface area (Å²) in [5.74, 6) is 0.269. The molecule has 0 aliphatic carbocycles. The van der Waals surface area contributed by atoms with Gasteiger partial charge in [-0.1, -0.05) is 23.9 Å². The molecular weight excluding hydrogens is 327 g/mol. The van der Waals surface area contributed by atoms with Gasteiger partial charge in [-0.25, -0.2) is 4.39 Å². The van der Waals surface area contributed by atoms with Crippen molar-refractivity contribution < 1.29 is 9.18 Å². The van der Waals surface area contributed by atoms with Gasteiger partial charge >= 0.3 is 0 Å². The largest absolute Gasteiger partial charge is 0.342 e. The Kier molecular flexibility index (Phi) is 5.18. The first-order valence-corrected chi connectivity index (χ1v) is 9.05. The van der Waals surface area contributed by atoms with Crippen LogP contribution < -0.4 is 0 Å². The molecule has 1 aliphatic heterocycles. The third kappa shape index (κ3) is 3.45. The van der Waals surface area contributed by atoms with Crippen LogP contribution in [0, 0.1) is 5.82 Å². The lowest BCUT2D eigenvalue weighted by molar-refractivity contribution is -0.131. The van der Waals surface area contributed by atoms with Crippen LogP contribution in [-0.2, 0) is 11.8 Å². The molecule has 0 spiro atoms. The zero-order chi connectivity index (χ0) is 17.1. The molecule has 0 bridgehead atoms. The number of amides is 1. The maximum absolute atomic E-state index is 13.9. The van der Waals surface area contributed by atoms with E-state index >= 15 is 0 Å². The molecule has 7 heteroatoms. The fraction of sp³-hybridized carbons (Fsp3) is 0.471. The summed E-state index contributed by atoms with van der Waals surface area (Å²) in [6.07, 6.45) is 3.34. The molecule has 1 aliphatic rings. The van der Waals surface area contributed by atoms with Gasteiger partial charge in [0.15, 0.2) is 11.0 Å². The average Bonchev–Trinajstić information content (AvgIpc) is 2.96. The molecule has 5 nitrogen and oxygen atoms in total. The fourth-order valence-corrected chi connectivity index (χ4v) is 3.77. The smallest absolute Gasteiger partial charge is 0.235 e. The van der Waals surface area contributed by atoms with E-state index in [0.29, 0.717) is 16.5 Å². The van der Waals surface area contributed by atoms with Crippen molar-refractivity contribution in [2.45, 2.75) is 36.6 Å². The summed E-state index contributed by atoms with van der Waals surface area (Å²) < 4.78 is 15.7. The number of benzene rings is 1. The number of likely N-dealkylation sites (tertiary alicyclic amines) is 1. The molecule has 24 heavy (non-hydrogen) atoms. The molecule has 1 amide bonds. The zero-order valence-electron chi connectivity index (χ0n) is 13.9. The molecule has 1 aromatic carbocycles. The van der Waals surface area contributed by atoms with Crippen LogP contribution in [0.4, 0.5) is 4.39 Å². The molecule has 0 saturated carbocycles. The van der Waals surface area contributed by atoms with Crippen molar-refractivity contribution in [1.82, 2.24) is 19.7 Å². The zero-order valence-corrected chi connectivity index (χ0v) is 14.7. The quantitative estimate of drug-likeness (QED) is 0.797. The summed E-state index contributed by atoms with van der Waals surface area (Å²) in [5, 5.41) is 8.62. The molecule has 128 valence electrons. The maximum Gasteiger partial charge on any atom is 0.235 e. The Morgan fingerprint density at radius 2 is 1.92 bits per heavy atom. The van der Waals surface area contributed by atoms with E-state index in [4.69, 9.17) is 0 Å². The Morgan fingerprint density at radius 1 is 1.21 bits per heavy atom. The number of hydrogen-bond donors (Lipinski definition) is 0. The number of piperidine rings is 1. The Balaban J connectivity index is 1.74. The highest BCUT2D eigenvalue weighted by atomic mass is 32.2. The summed E-state index contributed by atoms with van der Waals surface area (Å²) in [6.45, 7) is 3.56. The lowest BCUT2D eigenvalue weighted by Gasteiger charge is -2.28. The van der Waals surface area contributed by atoms with Gasteiger partial charge in [-0.3, -0.25) is 4.79 Å². The fourth-order valence-electron chi connectivity index (χ4n) is 2.87. The minimum atomic E-state index is -0.331. The van der Waals surface area contributed by atoms with Gasteiger partial charge in [0, 0.05) is 20.1 Å². The number of nitrogens with zero attached hydrogens (tertiary/aromatic N) is 4. The van der Waals surface area contributed by atoms with Gasteiger partial charge in [0.1, 0.15) is 5.82 Å². The van der Waals surface area contributed by atoms with E-state index in [2.05, 4.69) is 10.2 Å². The molecular formula is C17H21FN4OS. The Bertz CT molecular complexity index is 727. The standard InChI is InChI=1S/C17H21FN4OS/c1-12(16(23)22-10-6-3-7-11-22)24-17-20-19-15(21(17)2)13-8-4-5-9-14(13)18/h4-5,8-9,12H,3,6-7,10-11H2,1-2H3/t12-/m0/s1. The topological polar surface area (TPSA) is 51.0 Å². The molecule has 1 fully saturated rings. The van der Waals surface area contributed by atoms with E-state index in [0.717, 1.165) is 25.9 Å². The van der Waals surface area contributed by atoms with Gasteiger partial charge in [0.2, 0.25) is 5.91 Å². The van der Waals surface area contributed by atoms with Gasteiger partial charge in [-0.05, 0) is 38.3 Å². The highest BCUT2D eigenvalue weighted by Gasteiger charge is 2.25. The summed E-state index contributed by atoms with van der Waals surface area (Å²) in [6, 6.07) is 6.49. The van der Waals surface area contributed by atoms with E-state index in [1.54, 1.807) is 29.8 Å². The van der Waals surface area contributed by atoms with Crippen LogP contribution in [0.1, 0.15) is 26.2 Å². The maximum atomic E-state index is 13.9. The third-order valence-corrected chi connectivity index (χ3v) is 5.37. The molecule has 3 rings (SSSR count). The molecule has 2 aromatic rings. The van der Waals surface area contributed by atoms with Crippen LogP contribution in [0.2, 0.25) is 0 Å². The third-order valence-electron chi connectivity index (χ3n) is 4.25. The predicted octanol–water partition coefficient (Wildman–Crippen LogP) is 3.11. The first kappa shape index (κ1) is 17.0. The van der Waals surface area contributed by atoms with E-state index in [-0.39, 0.29) is 17.0 Å². The summed E-state index contributed by atoms with van der Waals surface area (Å²) in [7, 11) is 1.79. The molecule has 1 atom stereocenters. The van der Waals surface area contributed by atoms with Crippen molar-refractivity contribution in [2.24, 2.45) is 7.05 Å². The Labute approximate surface area is 145 Å². The molecule has 0 radical (unpaired) electrons. The van der Waals surface area contributed by atoms with Crippen LogP contribution in [0.15, 0.2) is 29.4 Å². The van der Waals surface area contributed by atoms with E-state index < -0.39 is 0 Å². The average molecular weight is 348 g/mol. The number of thioether (sulfide) groups is 1. The second-order valence-electron chi connectivity index (χ2n) is 5.99. The van der Waals surface area contributed by atoms with Crippen molar-refractivity contribution >= 4 is 17.7 Å². The number of carbonyl (C=O) groups is 1. The first-order chi connectivity index (χ1) is 11.6. The minimum Gasteiger partial charge on any atom is -0.342 e. The Hall–Kier alpha value is -1.89. The van der Waals surface area contributed by atoms with Gasteiger partial charge in [-0.2, -0.15) is 0 Å². The lowest BCUT2D eigenvalue weighted by atomic mass is 10.1. The van der Waals surface area contributed by atoms with Gasteiger partial charge < -0.3 is 9.47 Å². The molecule has 1 saturated heterocycles. The number of hydrogen-bond acceptors (Lipinski definition) is 4. The van der Waals surface area contributed by atoms with Crippen molar-refractivity contribution in [2.75, 3.05) is 13.1 Å². The molecule has 2 heterocycles. The second kappa shape index (κ2) is 7.34.